The largest absolute Gasteiger partial charge is 0.114 e. The highest BCUT2D eigenvalue weighted by Crippen LogP contribution is 1.91. The van der Waals surface area contributed by atoms with Crippen molar-refractivity contribution >= 4 is 9.24 Å². The maximum Gasteiger partial charge on any atom is -0.0439 e. The smallest absolute Gasteiger partial charge is 0.0439 e. The maximum absolute atomic E-state index is 3.56. The van der Waals surface area contributed by atoms with Gasteiger partial charge in [-0.3, -0.25) is 0 Å². The molecular formula is C8H17P. The van der Waals surface area contributed by atoms with Crippen molar-refractivity contribution in [2.75, 3.05) is 0 Å². The summed E-state index contributed by atoms with van der Waals surface area (Å²) >= 11 is 0. The molecule has 0 saturated heterocycles. The molecule has 9 heavy (non-hydrogen) atoms. The van der Waals surface area contributed by atoms with E-state index in [2.05, 4.69) is 29.7 Å². The summed E-state index contributed by atoms with van der Waals surface area (Å²) in [5, 5.41) is 0. The van der Waals surface area contributed by atoms with Crippen LogP contribution in [0.2, 0.25) is 0 Å². The van der Waals surface area contributed by atoms with E-state index in [0.717, 1.165) is 0 Å². The molecule has 1 heteroatoms. The van der Waals surface area contributed by atoms with E-state index >= 15 is 0 Å². The zero-order chi connectivity index (χ0) is 7.86. The van der Waals surface area contributed by atoms with E-state index in [4.69, 9.17) is 0 Å². The lowest BCUT2D eigenvalue weighted by Crippen LogP contribution is -1.48. The molecule has 1 unspecified atom stereocenters. The van der Waals surface area contributed by atoms with Crippen molar-refractivity contribution in [1.82, 2.24) is 0 Å². The van der Waals surface area contributed by atoms with Crippen LogP contribution in [0.4, 0.5) is 0 Å². The van der Waals surface area contributed by atoms with E-state index < -0.39 is 0 Å². The minimum Gasteiger partial charge on any atom is -0.114 e. The zero-order valence-corrected chi connectivity index (χ0v) is 8.02. The predicted molar refractivity (Wildman–Crippen MR) is 49.6 cm³/mol. The van der Waals surface area contributed by atoms with Crippen LogP contribution in [0.25, 0.3) is 0 Å². The molecule has 0 spiro atoms. The van der Waals surface area contributed by atoms with Gasteiger partial charge in [0.2, 0.25) is 0 Å². The number of allylic oxidation sites excluding steroid dienone is 2. The fraction of sp³-hybridized carbons (Fsp3) is 0.500. The van der Waals surface area contributed by atoms with E-state index in [-0.39, 0.29) is 0 Å². The van der Waals surface area contributed by atoms with Gasteiger partial charge in [-0.2, -0.15) is 0 Å². The van der Waals surface area contributed by atoms with Crippen molar-refractivity contribution in [3.05, 3.63) is 23.5 Å². The summed E-state index contributed by atoms with van der Waals surface area (Å²) in [6, 6.07) is 0. The van der Waals surface area contributed by atoms with Crippen molar-refractivity contribution in [3.8, 4) is 0 Å². The molecular weight excluding hydrogens is 127 g/mol. The molecule has 0 radical (unpaired) electrons. The van der Waals surface area contributed by atoms with Crippen molar-refractivity contribution in [2.45, 2.75) is 27.7 Å². The SMILES string of the molecule is C=C(C)C.CC(C)=CP. The van der Waals surface area contributed by atoms with Crippen molar-refractivity contribution in [1.29, 1.82) is 0 Å². The Bertz CT molecular complexity index is 93.1. The third-order valence-corrected chi connectivity index (χ3v) is 1.00. The fourth-order valence-corrected chi connectivity index (χ4v) is 0. The van der Waals surface area contributed by atoms with Gasteiger partial charge in [0.15, 0.2) is 0 Å². The van der Waals surface area contributed by atoms with Crippen LogP contribution in [0.3, 0.4) is 0 Å². The van der Waals surface area contributed by atoms with Crippen LogP contribution in [-0.4, -0.2) is 0 Å². The average molecular weight is 144 g/mol. The van der Waals surface area contributed by atoms with E-state index in [1.54, 1.807) is 0 Å². The second-order valence-electron chi connectivity index (χ2n) is 2.45. The highest BCUT2D eigenvalue weighted by Gasteiger charge is 1.60. The first-order valence-electron chi connectivity index (χ1n) is 2.98. The average Bonchev–Trinajstić information content (AvgIpc) is 1.65. The van der Waals surface area contributed by atoms with Gasteiger partial charge in [0.1, 0.15) is 0 Å². The summed E-state index contributed by atoms with van der Waals surface area (Å²) in [4.78, 5) is 0. The Labute approximate surface area is 61.3 Å². The Hall–Kier alpha value is -0.0900. The number of rotatable bonds is 0. The summed E-state index contributed by atoms with van der Waals surface area (Å²) in [5.74, 6) is 2.00. The summed E-state index contributed by atoms with van der Waals surface area (Å²) in [6.45, 7) is 11.6. The molecule has 0 aromatic rings. The first-order chi connectivity index (χ1) is 4.00. The van der Waals surface area contributed by atoms with Gasteiger partial charge >= 0.3 is 0 Å². The molecule has 54 valence electrons. The topological polar surface area (TPSA) is 0 Å². The minimum absolute atomic E-state index is 1.17. The van der Waals surface area contributed by atoms with E-state index in [9.17, 15) is 0 Å². The Morgan fingerprint density at radius 3 is 1.33 bits per heavy atom. The molecule has 0 aliphatic heterocycles. The second kappa shape index (κ2) is 7.91. The Morgan fingerprint density at radius 1 is 1.22 bits per heavy atom. The molecule has 0 amide bonds. The monoisotopic (exact) mass is 144 g/mol. The summed E-state index contributed by atoms with van der Waals surface area (Å²) in [6.07, 6.45) is 0. The van der Waals surface area contributed by atoms with Crippen molar-refractivity contribution in [2.24, 2.45) is 0 Å². The molecule has 0 saturated carbocycles. The van der Waals surface area contributed by atoms with E-state index in [0.29, 0.717) is 0 Å². The first-order valence-corrected chi connectivity index (χ1v) is 3.64. The standard InChI is InChI=1S/C4H9P.C4H8/c1-4(2)3-5;1-4(2)3/h3H,5H2,1-2H3;1H2,2-3H3. The van der Waals surface area contributed by atoms with Gasteiger partial charge < -0.3 is 0 Å². The minimum atomic E-state index is 1.17. The maximum atomic E-state index is 3.56. The van der Waals surface area contributed by atoms with Gasteiger partial charge in [-0.15, -0.1) is 15.8 Å². The van der Waals surface area contributed by atoms with Gasteiger partial charge in [0.05, 0.1) is 0 Å². The van der Waals surface area contributed by atoms with Gasteiger partial charge in [-0.25, -0.2) is 0 Å². The Balaban J connectivity index is 0. The summed E-state index contributed by atoms with van der Waals surface area (Å²) in [7, 11) is 2.53. The molecule has 1 atom stereocenters. The number of hydrogen-bond acceptors (Lipinski definition) is 0. The van der Waals surface area contributed by atoms with Crippen LogP contribution >= 0.6 is 9.24 Å². The molecule has 0 aromatic carbocycles. The van der Waals surface area contributed by atoms with Gasteiger partial charge in [0, 0.05) is 0 Å². The third kappa shape index (κ3) is 75.7. The van der Waals surface area contributed by atoms with Crippen LogP contribution in [0.15, 0.2) is 23.5 Å². The highest BCUT2D eigenvalue weighted by atomic mass is 31.0. The van der Waals surface area contributed by atoms with E-state index in [1.165, 1.54) is 11.1 Å². The molecule has 0 N–H and O–H groups in total. The molecule has 0 nitrogen and oxygen atoms in total. The predicted octanol–water partition coefficient (Wildman–Crippen LogP) is 3.37. The summed E-state index contributed by atoms with van der Waals surface area (Å²) in [5.41, 5.74) is 2.51. The van der Waals surface area contributed by atoms with Gasteiger partial charge in [-0.05, 0) is 27.7 Å². The summed E-state index contributed by atoms with van der Waals surface area (Å²) < 4.78 is 0. The first kappa shape index (κ1) is 11.7. The molecule has 0 bridgehead atoms. The van der Waals surface area contributed by atoms with Crippen LogP contribution in [0.5, 0.6) is 0 Å². The van der Waals surface area contributed by atoms with Crippen LogP contribution < -0.4 is 0 Å². The highest BCUT2D eigenvalue weighted by molar-refractivity contribution is 7.20. The zero-order valence-electron chi connectivity index (χ0n) is 6.86. The molecule has 0 fully saturated rings. The van der Waals surface area contributed by atoms with Crippen molar-refractivity contribution in [3.63, 3.8) is 0 Å². The Morgan fingerprint density at radius 2 is 1.33 bits per heavy atom. The van der Waals surface area contributed by atoms with Crippen molar-refractivity contribution < 1.29 is 0 Å². The quantitative estimate of drug-likeness (QED) is 0.361. The lowest BCUT2D eigenvalue weighted by molar-refractivity contribution is 1.42. The molecule has 0 aromatic heterocycles. The lowest BCUT2D eigenvalue weighted by Gasteiger charge is -1.73. The third-order valence-electron chi connectivity index (χ3n) is 0.333. The molecule has 0 rings (SSSR count). The van der Waals surface area contributed by atoms with E-state index in [1.807, 2.05) is 19.7 Å². The van der Waals surface area contributed by atoms with Gasteiger partial charge in [-0.1, -0.05) is 17.0 Å². The fourth-order valence-electron chi connectivity index (χ4n) is 0. The van der Waals surface area contributed by atoms with Gasteiger partial charge in [0.25, 0.3) is 0 Å². The molecule has 0 aliphatic carbocycles. The van der Waals surface area contributed by atoms with Crippen LogP contribution in [0, 0.1) is 0 Å². The lowest BCUT2D eigenvalue weighted by atomic mass is 10.4. The van der Waals surface area contributed by atoms with Crippen LogP contribution in [-0.2, 0) is 0 Å². The Kier molecular flexibility index (Phi) is 10.3. The second-order valence-corrected chi connectivity index (χ2v) is 2.78. The number of hydrogen-bond donors (Lipinski definition) is 0. The van der Waals surface area contributed by atoms with Crippen LogP contribution in [0.1, 0.15) is 27.7 Å². The normalized spacial score (nSPS) is 6.78. The molecule has 0 heterocycles. The molecule has 0 aliphatic rings.